The fourth-order valence-electron chi connectivity index (χ4n) is 5.57. The molecule has 5 atom stereocenters. The number of hydrogen-bond donors (Lipinski definition) is 0. The number of unbranched alkanes of at least 4 members (excludes halogenated alkanes) is 4. The summed E-state index contributed by atoms with van der Waals surface area (Å²) in [5.74, 6) is 0.251. The molecule has 0 saturated heterocycles. The third-order valence-corrected chi connectivity index (χ3v) is 8.04. The molecule has 5 heteroatoms. The number of ether oxygens (including phenoxy) is 4. The molecule has 0 spiro atoms. The molecular weight excluding hydrogens is 536 g/mol. The Kier molecular flexibility index (Phi) is 17.2. The fourth-order valence-corrected chi connectivity index (χ4v) is 5.57. The lowest BCUT2D eigenvalue weighted by molar-refractivity contribution is -0.127. The first-order valence-electron chi connectivity index (χ1n) is 16.5. The number of carbonyl (C=O) groups excluding carboxylic acids is 1. The minimum Gasteiger partial charge on any atom is -0.372 e. The highest BCUT2D eigenvalue weighted by atomic mass is 16.7. The van der Waals surface area contributed by atoms with Crippen molar-refractivity contribution in [3.05, 3.63) is 96.1 Å². The molecule has 1 fully saturated rings. The molecular formula is C38H54O5. The summed E-state index contributed by atoms with van der Waals surface area (Å²) < 4.78 is 23.9. The number of carbonyl (C=O) groups is 1. The Hall–Kier alpha value is -2.57. The van der Waals surface area contributed by atoms with Gasteiger partial charge in [0.05, 0.1) is 25.4 Å². The summed E-state index contributed by atoms with van der Waals surface area (Å²) in [6.45, 7) is 8.61. The third kappa shape index (κ3) is 13.7. The van der Waals surface area contributed by atoms with Crippen LogP contribution in [0.4, 0.5) is 0 Å². The average Bonchev–Trinajstić information content (AvgIpc) is 3.33. The Balaban J connectivity index is 1.62. The van der Waals surface area contributed by atoms with Gasteiger partial charge in [-0.2, -0.15) is 0 Å². The van der Waals surface area contributed by atoms with Gasteiger partial charge >= 0.3 is 0 Å². The summed E-state index contributed by atoms with van der Waals surface area (Å²) >= 11 is 0. The molecule has 1 saturated carbocycles. The van der Waals surface area contributed by atoms with Gasteiger partial charge in [0, 0.05) is 31.5 Å². The van der Waals surface area contributed by atoms with Crippen LogP contribution < -0.4 is 0 Å². The second-order valence-electron chi connectivity index (χ2n) is 11.5. The maximum atomic E-state index is 13.3. The van der Waals surface area contributed by atoms with Gasteiger partial charge in [0.15, 0.2) is 6.29 Å². The molecule has 2 aromatic rings. The summed E-state index contributed by atoms with van der Waals surface area (Å²) in [5, 5.41) is 0. The molecule has 1 aliphatic carbocycles. The van der Waals surface area contributed by atoms with E-state index in [2.05, 4.69) is 55.5 Å². The Labute approximate surface area is 260 Å². The largest absolute Gasteiger partial charge is 0.372 e. The van der Waals surface area contributed by atoms with E-state index in [1.165, 1.54) is 18.4 Å². The first kappa shape index (κ1) is 34.9. The molecule has 236 valence electrons. The van der Waals surface area contributed by atoms with Crippen LogP contribution in [-0.4, -0.2) is 37.5 Å². The number of ketones is 1. The lowest BCUT2D eigenvalue weighted by atomic mass is 9.90. The standard InChI is InChI=1S/C38H54O5/c1-4-6-12-23-34(42-29-32-19-13-10-14-20-32)25-26-36-35(24-17-8-7-9-18-27-41-31(3)40-5-2)37(39)28-38(36)43-30-33-21-15-11-16-22-33/h8,10-11,13-17,19-22,25-26,31,34-36,38H,4-7,9,12,18,23-24,27-30H2,1-3H3/b17-8-,26-25+/t31?,34-,35+,36+,38+/m0/s1. The van der Waals surface area contributed by atoms with Crippen LogP contribution in [0.3, 0.4) is 0 Å². The zero-order valence-corrected chi connectivity index (χ0v) is 26.7. The molecule has 0 heterocycles. The van der Waals surface area contributed by atoms with Crippen LogP contribution in [-0.2, 0) is 37.0 Å². The molecule has 0 bridgehead atoms. The van der Waals surface area contributed by atoms with E-state index in [1.807, 2.05) is 50.2 Å². The predicted octanol–water partition coefficient (Wildman–Crippen LogP) is 9.01. The number of benzene rings is 2. The maximum Gasteiger partial charge on any atom is 0.154 e. The van der Waals surface area contributed by atoms with Gasteiger partial charge in [0.25, 0.3) is 0 Å². The van der Waals surface area contributed by atoms with Crippen LogP contribution in [0.25, 0.3) is 0 Å². The van der Waals surface area contributed by atoms with Crippen molar-refractivity contribution in [3.8, 4) is 0 Å². The van der Waals surface area contributed by atoms with E-state index < -0.39 is 0 Å². The van der Waals surface area contributed by atoms with Gasteiger partial charge in [-0.15, -0.1) is 0 Å². The fraction of sp³-hybridized carbons (Fsp3) is 0.553. The molecule has 0 amide bonds. The zero-order valence-electron chi connectivity index (χ0n) is 26.7. The second-order valence-corrected chi connectivity index (χ2v) is 11.5. The van der Waals surface area contributed by atoms with Crippen LogP contribution in [0, 0.1) is 11.8 Å². The van der Waals surface area contributed by atoms with E-state index in [0.717, 1.165) is 44.1 Å². The normalized spacial score (nSPS) is 20.3. The van der Waals surface area contributed by atoms with Crippen molar-refractivity contribution in [1.82, 2.24) is 0 Å². The van der Waals surface area contributed by atoms with Crippen molar-refractivity contribution in [3.63, 3.8) is 0 Å². The summed E-state index contributed by atoms with van der Waals surface area (Å²) in [7, 11) is 0. The average molecular weight is 591 g/mol. The highest BCUT2D eigenvalue weighted by Gasteiger charge is 2.41. The van der Waals surface area contributed by atoms with Crippen molar-refractivity contribution in [2.75, 3.05) is 13.2 Å². The zero-order chi connectivity index (χ0) is 30.5. The summed E-state index contributed by atoms with van der Waals surface area (Å²) in [6.07, 6.45) is 17.3. The lowest BCUT2D eigenvalue weighted by Gasteiger charge is -2.22. The second kappa shape index (κ2) is 21.2. The van der Waals surface area contributed by atoms with E-state index in [0.29, 0.717) is 38.6 Å². The lowest BCUT2D eigenvalue weighted by Crippen LogP contribution is -2.22. The molecule has 0 N–H and O–H groups in total. The molecule has 43 heavy (non-hydrogen) atoms. The quantitative estimate of drug-likeness (QED) is 0.0778. The summed E-state index contributed by atoms with van der Waals surface area (Å²) in [4.78, 5) is 13.3. The third-order valence-electron chi connectivity index (χ3n) is 8.04. The van der Waals surface area contributed by atoms with Crippen LogP contribution in [0.5, 0.6) is 0 Å². The molecule has 5 nitrogen and oxygen atoms in total. The molecule has 0 aliphatic heterocycles. The van der Waals surface area contributed by atoms with Gasteiger partial charge in [-0.25, -0.2) is 0 Å². The van der Waals surface area contributed by atoms with Crippen LogP contribution >= 0.6 is 0 Å². The number of rotatable bonds is 22. The van der Waals surface area contributed by atoms with Gasteiger partial charge < -0.3 is 18.9 Å². The van der Waals surface area contributed by atoms with Crippen molar-refractivity contribution in [1.29, 1.82) is 0 Å². The van der Waals surface area contributed by atoms with Crippen molar-refractivity contribution in [2.24, 2.45) is 11.8 Å². The number of Topliss-reactive ketones (excluding diaryl/α,β-unsaturated/α-hetero) is 1. The smallest absolute Gasteiger partial charge is 0.154 e. The number of hydrogen-bond acceptors (Lipinski definition) is 5. The highest BCUT2D eigenvalue weighted by Crippen LogP contribution is 2.36. The SMILES string of the molecule is CCCCC[C@@H](/C=C/[C@H]1[C@H](OCc2ccccc2)CC(=O)[C@@H]1C/C=C\CCCCOC(C)OCC)OCc1ccccc1. The van der Waals surface area contributed by atoms with E-state index >= 15 is 0 Å². The molecule has 3 rings (SSSR count). The van der Waals surface area contributed by atoms with Crippen molar-refractivity contribution in [2.45, 2.75) is 110 Å². The van der Waals surface area contributed by atoms with Gasteiger partial charge in [-0.1, -0.05) is 111 Å². The van der Waals surface area contributed by atoms with E-state index in [9.17, 15) is 4.79 Å². The van der Waals surface area contributed by atoms with Crippen LogP contribution in [0.2, 0.25) is 0 Å². The van der Waals surface area contributed by atoms with Gasteiger partial charge in [-0.05, 0) is 57.1 Å². The predicted molar refractivity (Wildman–Crippen MR) is 175 cm³/mol. The minimum atomic E-state index is -0.147. The van der Waals surface area contributed by atoms with Crippen molar-refractivity contribution < 1.29 is 23.7 Å². The van der Waals surface area contributed by atoms with E-state index in [-0.39, 0.29) is 30.3 Å². The van der Waals surface area contributed by atoms with Gasteiger partial charge in [0.2, 0.25) is 0 Å². The Morgan fingerprint density at radius 3 is 2.26 bits per heavy atom. The monoisotopic (exact) mass is 590 g/mol. The summed E-state index contributed by atoms with van der Waals surface area (Å²) in [5.41, 5.74) is 2.30. The van der Waals surface area contributed by atoms with Gasteiger partial charge in [-0.3, -0.25) is 4.79 Å². The first-order chi connectivity index (χ1) is 21.1. The van der Waals surface area contributed by atoms with E-state index in [4.69, 9.17) is 18.9 Å². The molecule has 1 unspecified atom stereocenters. The van der Waals surface area contributed by atoms with Crippen LogP contribution in [0.15, 0.2) is 85.0 Å². The topological polar surface area (TPSA) is 54.0 Å². The maximum absolute atomic E-state index is 13.3. The van der Waals surface area contributed by atoms with Crippen molar-refractivity contribution >= 4 is 5.78 Å². The molecule has 2 aromatic carbocycles. The minimum absolute atomic E-state index is 0.0149. The first-order valence-corrected chi connectivity index (χ1v) is 16.5. The number of allylic oxidation sites excluding steroid dienone is 2. The Morgan fingerprint density at radius 1 is 0.837 bits per heavy atom. The van der Waals surface area contributed by atoms with Crippen LogP contribution in [0.1, 0.15) is 89.7 Å². The molecule has 1 aliphatic rings. The Bertz CT molecular complexity index is 1050. The highest BCUT2D eigenvalue weighted by molar-refractivity contribution is 5.85. The Morgan fingerprint density at radius 2 is 1.56 bits per heavy atom. The summed E-state index contributed by atoms with van der Waals surface area (Å²) in [6, 6.07) is 20.6. The van der Waals surface area contributed by atoms with Gasteiger partial charge in [0.1, 0.15) is 5.78 Å². The van der Waals surface area contributed by atoms with E-state index in [1.54, 1.807) is 0 Å². The molecule has 0 aromatic heterocycles. The molecule has 0 radical (unpaired) electrons.